The fourth-order valence-electron chi connectivity index (χ4n) is 0.880. The van der Waals surface area contributed by atoms with Crippen molar-refractivity contribution in [3.05, 3.63) is 19.2 Å². The lowest BCUT2D eigenvalue weighted by Crippen LogP contribution is -2.24. The molecule has 0 saturated carbocycles. The van der Waals surface area contributed by atoms with E-state index in [1.807, 2.05) is 0 Å². The monoisotopic (exact) mass is 125 g/mol. The first kappa shape index (κ1) is 6.62. The predicted molar refractivity (Wildman–Crippen MR) is 38.4 cm³/mol. The zero-order valence-corrected chi connectivity index (χ0v) is 5.64. The number of hydrogen-bond acceptors (Lipinski definition) is 2. The Hall–Kier alpha value is -0.500. The van der Waals surface area contributed by atoms with Crippen LogP contribution in [0.5, 0.6) is 0 Å². The second-order valence-electron chi connectivity index (χ2n) is 2.13. The fourth-order valence-corrected chi connectivity index (χ4v) is 0.880. The molecule has 51 valence electrons. The van der Waals surface area contributed by atoms with Crippen LogP contribution in [0, 0.1) is 6.92 Å². The third-order valence-corrected chi connectivity index (χ3v) is 1.34. The molecule has 0 unspecified atom stereocenters. The number of allylic oxidation sites excluding steroid dienone is 1. The molecule has 0 aromatic heterocycles. The van der Waals surface area contributed by atoms with Gasteiger partial charge >= 0.3 is 0 Å². The van der Waals surface area contributed by atoms with Crippen molar-refractivity contribution in [1.29, 1.82) is 0 Å². The molecule has 9 heavy (non-hydrogen) atoms. The average molecular weight is 125 g/mol. The van der Waals surface area contributed by atoms with E-state index in [-0.39, 0.29) is 0 Å². The van der Waals surface area contributed by atoms with E-state index in [4.69, 9.17) is 0 Å². The summed E-state index contributed by atoms with van der Waals surface area (Å²) in [5, 5.41) is 2.10. The van der Waals surface area contributed by atoms with E-state index in [0.717, 1.165) is 19.5 Å². The molecular weight excluding hydrogens is 112 g/mol. The van der Waals surface area contributed by atoms with Gasteiger partial charge in [-0.1, -0.05) is 6.08 Å². The molecule has 1 rings (SSSR count). The van der Waals surface area contributed by atoms with Gasteiger partial charge in [-0.15, -0.1) is 0 Å². The first-order chi connectivity index (χ1) is 4.43. The minimum atomic E-state index is 0.873. The number of nitrogens with zero attached hydrogens (tertiary/aromatic N) is 1. The fraction of sp³-hybridized carbons (Fsp3) is 0.571. The molecule has 1 radical (unpaired) electrons. The highest BCUT2D eigenvalue weighted by molar-refractivity contribution is 4.83. The molecule has 0 spiro atoms. The molecule has 0 aliphatic carbocycles. The van der Waals surface area contributed by atoms with Gasteiger partial charge in [0.1, 0.15) is 0 Å². The molecule has 0 bridgehead atoms. The van der Waals surface area contributed by atoms with Gasteiger partial charge in [0.15, 0.2) is 0 Å². The smallest absolute Gasteiger partial charge is 0.0350 e. The van der Waals surface area contributed by atoms with E-state index < -0.39 is 0 Å². The number of nitrogens with one attached hydrogen (secondary N) is 1. The van der Waals surface area contributed by atoms with Gasteiger partial charge in [-0.05, 0) is 19.8 Å². The summed E-state index contributed by atoms with van der Waals surface area (Å²) >= 11 is 0. The normalized spacial score (nSPS) is 19.9. The van der Waals surface area contributed by atoms with Gasteiger partial charge in [0.2, 0.25) is 0 Å². The zero-order valence-electron chi connectivity index (χ0n) is 5.64. The van der Waals surface area contributed by atoms with Gasteiger partial charge in [-0.3, -0.25) is 0 Å². The van der Waals surface area contributed by atoms with Gasteiger partial charge in [0.25, 0.3) is 0 Å². The molecule has 2 heteroatoms. The first-order valence-electron chi connectivity index (χ1n) is 3.39. The predicted octanol–water partition coefficient (Wildman–Crippen LogP) is 0.935. The van der Waals surface area contributed by atoms with Crippen molar-refractivity contribution in [3.63, 3.8) is 0 Å². The van der Waals surface area contributed by atoms with Crippen LogP contribution in [0.1, 0.15) is 12.8 Å². The van der Waals surface area contributed by atoms with Crippen LogP contribution in [0.4, 0.5) is 0 Å². The topological polar surface area (TPSA) is 15.3 Å². The van der Waals surface area contributed by atoms with Gasteiger partial charge in [0.05, 0.1) is 0 Å². The van der Waals surface area contributed by atoms with E-state index in [9.17, 15) is 0 Å². The SMILES string of the molecule is [CH2]CC=CN1CCCN1. The van der Waals surface area contributed by atoms with Crippen molar-refractivity contribution in [1.82, 2.24) is 10.4 Å². The molecule has 0 aromatic rings. The summed E-state index contributed by atoms with van der Waals surface area (Å²) in [5.41, 5.74) is 3.21. The molecule has 0 atom stereocenters. The summed E-state index contributed by atoms with van der Waals surface area (Å²) in [6, 6.07) is 0. The molecule has 1 heterocycles. The summed E-state index contributed by atoms with van der Waals surface area (Å²) in [6.07, 6.45) is 6.23. The lowest BCUT2D eigenvalue weighted by molar-refractivity contribution is 0.358. The Morgan fingerprint density at radius 1 is 1.67 bits per heavy atom. The molecule has 1 N–H and O–H groups in total. The van der Waals surface area contributed by atoms with Crippen LogP contribution in [0.25, 0.3) is 0 Å². The Kier molecular flexibility index (Phi) is 2.58. The first-order valence-corrected chi connectivity index (χ1v) is 3.39. The van der Waals surface area contributed by atoms with Crippen LogP contribution in [0.3, 0.4) is 0 Å². The van der Waals surface area contributed by atoms with Gasteiger partial charge in [0, 0.05) is 19.3 Å². The Balaban J connectivity index is 2.18. The molecule has 1 aliphatic heterocycles. The summed E-state index contributed by atoms with van der Waals surface area (Å²) in [4.78, 5) is 0. The van der Waals surface area contributed by atoms with Gasteiger partial charge < -0.3 is 5.01 Å². The van der Waals surface area contributed by atoms with E-state index in [1.54, 1.807) is 0 Å². The van der Waals surface area contributed by atoms with Crippen LogP contribution >= 0.6 is 0 Å². The van der Waals surface area contributed by atoms with E-state index >= 15 is 0 Å². The van der Waals surface area contributed by atoms with Crippen LogP contribution in [0.15, 0.2) is 12.3 Å². The minimum Gasteiger partial charge on any atom is -0.316 e. The number of hydrogen-bond donors (Lipinski definition) is 1. The molecule has 1 saturated heterocycles. The van der Waals surface area contributed by atoms with Crippen molar-refractivity contribution in [3.8, 4) is 0 Å². The van der Waals surface area contributed by atoms with Crippen molar-refractivity contribution < 1.29 is 0 Å². The molecule has 0 aromatic carbocycles. The Labute approximate surface area is 56.5 Å². The van der Waals surface area contributed by atoms with Crippen LogP contribution in [-0.4, -0.2) is 18.1 Å². The molecule has 2 nitrogen and oxygen atoms in total. The molecule has 1 aliphatic rings. The van der Waals surface area contributed by atoms with Gasteiger partial charge in [-0.2, -0.15) is 0 Å². The van der Waals surface area contributed by atoms with Crippen molar-refractivity contribution >= 4 is 0 Å². The molecule has 0 amide bonds. The summed E-state index contributed by atoms with van der Waals surface area (Å²) in [7, 11) is 0. The maximum Gasteiger partial charge on any atom is 0.0350 e. The standard InChI is InChI=1S/C7H13N2/c1-2-3-6-9-7-4-5-8-9/h3,6,8H,1-2,4-5,7H2. The Morgan fingerprint density at radius 2 is 2.56 bits per heavy atom. The van der Waals surface area contributed by atoms with Crippen molar-refractivity contribution in [2.75, 3.05) is 13.1 Å². The van der Waals surface area contributed by atoms with Crippen molar-refractivity contribution in [2.45, 2.75) is 12.8 Å². The quantitative estimate of drug-likeness (QED) is 0.590. The highest BCUT2D eigenvalue weighted by atomic mass is 15.5. The summed E-state index contributed by atoms with van der Waals surface area (Å²) in [6.45, 7) is 5.95. The third kappa shape index (κ3) is 2.06. The highest BCUT2D eigenvalue weighted by Crippen LogP contribution is 1.96. The largest absolute Gasteiger partial charge is 0.316 e. The van der Waals surface area contributed by atoms with Crippen LogP contribution in [-0.2, 0) is 0 Å². The zero-order chi connectivity index (χ0) is 6.53. The van der Waals surface area contributed by atoms with Crippen LogP contribution < -0.4 is 5.43 Å². The Morgan fingerprint density at radius 3 is 3.11 bits per heavy atom. The highest BCUT2D eigenvalue weighted by Gasteiger charge is 2.03. The van der Waals surface area contributed by atoms with Crippen molar-refractivity contribution in [2.24, 2.45) is 0 Å². The second-order valence-corrected chi connectivity index (χ2v) is 2.13. The molecule has 1 fully saturated rings. The summed E-state index contributed by atoms with van der Waals surface area (Å²) in [5.74, 6) is 0. The lowest BCUT2D eigenvalue weighted by atomic mass is 10.4. The molecular formula is C7H13N2. The maximum absolute atomic E-state index is 3.71. The van der Waals surface area contributed by atoms with E-state index in [1.165, 1.54) is 6.42 Å². The summed E-state index contributed by atoms with van der Waals surface area (Å²) < 4.78 is 0. The Bertz CT molecular complexity index is 93.1. The number of rotatable bonds is 2. The number of hydrazine groups is 1. The maximum atomic E-state index is 3.71. The van der Waals surface area contributed by atoms with E-state index in [0.29, 0.717) is 0 Å². The van der Waals surface area contributed by atoms with E-state index in [2.05, 4.69) is 29.6 Å². The third-order valence-electron chi connectivity index (χ3n) is 1.34. The second kappa shape index (κ2) is 3.51. The minimum absolute atomic E-state index is 0.873. The van der Waals surface area contributed by atoms with Crippen LogP contribution in [0.2, 0.25) is 0 Å². The van der Waals surface area contributed by atoms with Gasteiger partial charge in [-0.25, -0.2) is 5.43 Å². The average Bonchev–Trinajstić information content (AvgIpc) is 2.34. The lowest BCUT2D eigenvalue weighted by Gasteiger charge is -2.09.